The summed E-state index contributed by atoms with van der Waals surface area (Å²) in [6.45, 7) is 20.5. The summed E-state index contributed by atoms with van der Waals surface area (Å²) in [7, 11) is 0. The maximum atomic E-state index is 13.1. The zero-order chi connectivity index (χ0) is 27.6. The van der Waals surface area contributed by atoms with Crippen LogP contribution in [0.1, 0.15) is 83.3 Å². The second-order valence-electron chi connectivity index (χ2n) is 9.13. The number of hydrogen-bond donors (Lipinski definition) is 0. The Morgan fingerprint density at radius 3 is 1.28 bits per heavy atom. The minimum absolute atomic E-state index is 0. The van der Waals surface area contributed by atoms with Crippen molar-refractivity contribution in [2.24, 2.45) is 5.41 Å². The molecule has 0 radical (unpaired) electrons. The first kappa shape index (κ1) is 39.4. The third-order valence-electron chi connectivity index (χ3n) is 4.54. The summed E-state index contributed by atoms with van der Waals surface area (Å²) in [5.41, 5.74) is 3.41. The van der Waals surface area contributed by atoms with E-state index in [1.165, 1.54) is 12.8 Å². The van der Waals surface area contributed by atoms with E-state index in [4.69, 9.17) is 20.1 Å². The molecule has 0 saturated carbocycles. The van der Waals surface area contributed by atoms with Crippen molar-refractivity contribution in [1.82, 2.24) is 19.6 Å². The Morgan fingerprint density at radius 2 is 1.11 bits per heavy atom. The Hall–Kier alpha value is -1.07. The molecule has 0 aromatic carbocycles. The Balaban J connectivity index is -0.000000597. The van der Waals surface area contributed by atoms with Crippen molar-refractivity contribution >= 4 is 0 Å². The second-order valence-corrected chi connectivity index (χ2v) is 9.13. The van der Waals surface area contributed by atoms with E-state index in [0.29, 0.717) is 0 Å². The van der Waals surface area contributed by atoms with Crippen LogP contribution in [-0.2, 0) is 26.5 Å². The average molecular weight is 545 g/mol. The Labute approximate surface area is 233 Å². The largest absolute Gasteiger partial charge is 4.00 e. The van der Waals surface area contributed by atoms with Crippen LogP contribution in [0.5, 0.6) is 0 Å². The summed E-state index contributed by atoms with van der Waals surface area (Å²) in [6, 6.07) is 3.99. The number of hydrogen-bond acceptors (Lipinski definition) is 7. The number of aromatic nitrogens is 4. The van der Waals surface area contributed by atoms with Gasteiger partial charge in [0.2, 0.25) is 0 Å². The van der Waals surface area contributed by atoms with Crippen molar-refractivity contribution in [2.45, 2.75) is 94.3 Å². The molecule has 1 aliphatic heterocycles. The van der Waals surface area contributed by atoms with Crippen LogP contribution in [0.3, 0.4) is 0 Å². The standard InChI is InChI=1S/C16H25N4O.C4H8O.3C2H5O.Ti/c1-10-8-12(3)19(17-10)15(14(21)16(5,6)7)20-13(4)9-11(2)18-20;1-2-4-5-3-1;3*1-2-3;/h8-9,14-15H,1-7H3;1-4H2;3*2H2,1H3;/q-1;;3*-1;+4/t14-;;;;;/m0...../s1. The van der Waals surface area contributed by atoms with E-state index >= 15 is 0 Å². The van der Waals surface area contributed by atoms with Crippen LogP contribution in [0.4, 0.5) is 0 Å². The van der Waals surface area contributed by atoms with Crippen molar-refractivity contribution in [2.75, 3.05) is 33.0 Å². The predicted octanol–water partition coefficient (Wildman–Crippen LogP) is 1.03. The molecule has 0 amide bonds. The van der Waals surface area contributed by atoms with Crippen molar-refractivity contribution in [3.8, 4) is 0 Å². The summed E-state index contributed by atoms with van der Waals surface area (Å²) in [5, 5.41) is 48.9. The van der Waals surface area contributed by atoms with Gasteiger partial charge >= 0.3 is 21.7 Å². The first-order valence-electron chi connectivity index (χ1n) is 12.4. The normalized spacial score (nSPS) is 13.0. The molecule has 1 aliphatic rings. The van der Waals surface area contributed by atoms with E-state index in [1.807, 2.05) is 70.0 Å². The zero-order valence-electron chi connectivity index (χ0n) is 24.1. The fraction of sp³-hybridized carbons (Fsp3) is 0.769. The number of nitrogens with zero attached hydrogens (tertiary/aromatic N) is 4. The Kier molecular flexibility index (Phi) is 24.1. The molecule has 0 spiro atoms. The molecule has 1 atom stereocenters. The molecule has 10 heteroatoms. The molecule has 0 unspecified atom stereocenters. The summed E-state index contributed by atoms with van der Waals surface area (Å²) in [6.07, 6.45) is 1.25. The molecule has 36 heavy (non-hydrogen) atoms. The summed E-state index contributed by atoms with van der Waals surface area (Å²) >= 11 is 0. The molecule has 206 valence electrons. The Bertz CT molecular complexity index is 712. The van der Waals surface area contributed by atoms with Crippen LogP contribution in [0.15, 0.2) is 12.1 Å². The fourth-order valence-electron chi connectivity index (χ4n) is 3.15. The molecule has 1 fully saturated rings. The van der Waals surface area contributed by atoms with Crippen molar-refractivity contribution in [3.63, 3.8) is 0 Å². The molecule has 2 aromatic rings. The van der Waals surface area contributed by atoms with E-state index in [-0.39, 0.29) is 47.0 Å². The Morgan fingerprint density at radius 1 is 0.806 bits per heavy atom. The third-order valence-corrected chi connectivity index (χ3v) is 4.54. The predicted molar refractivity (Wildman–Crippen MR) is 133 cm³/mol. The maximum absolute atomic E-state index is 13.1. The van der Waals surface area contributed by atoms with Gasteiger partial charge in [-0.05, 0) is 58.1 Å². The molecule has 0 bridgehead atoms. The molecule has 3 rings (SSSR count). The van der Waals surface area contributed by atoms with Crippen LogP contribution in [0.2, 0.25) is 0 Å². The number of aryl methyl sites for hydroxylation is 4. The van der Waals surface area contributed by atoms with Crippen molar-refractivity contribution < 1.29 is 46.9 Å². The minimum atomic E-state index is -0.853. The molecule has 0 aliphatic carbocycles. The van der Waals surface area contributed by atoms with Crippen molar-refractivity contribution in [3.05, 3.63) is 34.9 Å². The summed E-state index contributed by atoms with van der Waals surface area (Å²) in [4.78, 5) is 0. The van der Waals surface area contributed by atoms with Crippen LogP contribution >= 0.6 is 0 Å². The molecule has 3 heterocycles. The molecule has 0 N–H and O–H groups in total. The first-order chi connectivity index (χ1) is 16.4. The maximum Gasteiger partial charge on any atom is 4.00 e. The second kappa shape index (κ2) is 22.0. The van der Waals surface area contributed by atoms with Gasteiger partial charge in [-0.2, -0.15) is 10.2 Å². The molecular weight excluding hydrogens is 496 g/mol. The van der Waals surface area contributed by atoms with Gasteiger partial charge in [-0.1, -0.05) is 47.6 Å². The van der Waals surface area contributed by atoms with Crippen LogP contribution in [0.25, 0.3) is 0 Å². The third kappa shape index (κ3) is 15.9. The minimum Gasteiger partial charge on any atom is -0.855 e. The van der Waals surface area contributed by atoms with Crippen LogP contribution < -0.4 is 20.4 Å². The van der Waals surface area contributed by atoms with Gasteiger partial charge in [0, 0.05) is 24.6 Å². The zero-order valence-corrected chi connectivity index (χ0v) is 25.7. The molecule has 2 aromatic heterocycles. The van der Waals surface area contributed by atoms with E-state index in [9.17, 15) is 5.11 Å². The van der Waals surface area contributed by atoms with Crippen molar-refractivity contribution in [1.29, 1.82) is 0 Å². The van der Waals surface area contributed by atoms with Crippen LogP contribution in [-0.4, -0.2) is 58.7 Å². The van der Waals surface area contributed by atoms with Gasteiger partial charge in [-0.3, -0.25) is 0 Å². The smallest absolute Gasteiger partial charge is 0.855 e. The van der Waals surface area contributed by atoms with Gasteiger partial charge in [0.25, 0.3) is 0 Å². The quantitative estimate of drug-likeness (QED) is 0.526. The van der Waals surface area contributed by atoms with Crippen LogP contribution in [0, 0.1) is 33.1 Å². The monoisotopic (exact) mass is 544 g/mol. The van der Waals surface area contributed by atoms with E-state index in [2.05, 4.69) is 10.2 Å². The summed E-state index contributed by atoms with van der Waals surface area (Å²) in [5.74, 6) is 0. The molecular formula is C26H48N4O5Ti. The van der Waals surface area contributed by atoms with E-state index in [0.717, 1.165) is 36.0 Å². The van der Waals surface area contributed by atoms with E-state index in [1.54, 1.807) is 20.8 Å². The van der Waals surface area contributed by atoms with Gasteiger partial charge in [-0.15, -0.1) is 19.8 Å². The summed E-state index contributed by atoms with van der Waals surface area (Å²) < 4.78 is 8.58. The van der Waals surface area contributed by atoms with E-state index < -0.39 is 12.3 Å². The number of rotatable bonds is 3. The van der Waals surface area contributed by atoms with Gasteiger partial charge < -0.3 is 25.2 Å². The van der Waals surface area contributed by atoms with Gasteiger partial charge in [0.1, 0.15) is 6.17 Å². The topological polar surface area (TPSA) is 137 Å². The van der Waals surface area contributed by atoms with Gasteiger partial charge in [0.15, 0.2) is 0 Å². The molecule has 1 saturated heterocycles. The number of ether oxygens (including phenoxy) is 1. The average Bonchev–Trinajstić information content (AvgIpc) is 3.48. The van der Waals surface area contributed by atoms with Gasteiger partial charge in [-0.25, -0.2) is 9.36 Å². The molecule has 9 nitrogen and oxygen atoms in total. The SMILES string of the molecule is C1CCOC1.CC[O-].CC[O-].CC[O-].Cc1cc(C)n(C([C@H]([O-])C(C)(C)C)n2nc(C)cc2C)n1.[Ti+4]. The first-order valence-corrected chi connectivity index (χ1v) is 12.4. The fourth-order valence-corrected chi connectivity index (χ4v) is 3.15. The van der Waals surface area contributed by atoms with Gasteiger partial charge in [0.05, 0.1) is 11.4 Å².